The van der Waals surface area contributed by atoms with Crippen molar-refractivity contribution < 1.29 is 14.7 Å². The maximum absolute atomic E-state index is 12.2. The molecule has 0 spiro atoms. The van der Waals surface area contributed by atoms with Crippen molar-refractivity contribution in [2.24, 2.45) is 5.41 Å². The summed E-state index contributed by atoms with van der Waals surface area (Å²) in [6, 6.07) is 1.58. The molecule has 21 heavy (non-hydrogen) atoms. The van der Waals surface area contributed by atoms with Crippen LogP contribution in [0.4, 0.5) is 5.69 Å². The number of rotatable bonds is 4. The molecule has 1 amide bonds. The minimum absolute atomic E-state index is 0.0203. The van der Waals surface area contributed by atoms with Crippen LogP contribution in [0.1, 0.15) is 44.9 Å². The summed E-state index contributed by atoms with van der Waals surface area (Å²) < 4.78 is 0. The first kappa shape index (κ1) is 15.8. The van der Waals surface area contributed by atoms with Crippen molar-refractivity contribution in [2.75, 3.05) is 5.32 Å². The predicted molar refractivity (Wildman–Crippen MR) is 80.3 cm³/mol. The van der Waals surface area contributed by atoms with Gasteiger partial charge in [-0.25, -0.2) is 0 Å². The van der Waals surface area contributed by atoms with Gasteiger partial charge in [0.05, 0.1) is 22.3 Å². The Morgan fingerprint density at radius 2 is 1.95 bits per heavy atom. The molecule has 0 unspecified atom stereocenters. The summed E-state index contributed by atoms with van der Waals surface area (Å²) in [4.78, 5) is 27.8. The van der Waals surface area contributed by atoms with Gasteiger partial charge in [-0.05, 0) is 18.9 Å². The molecule has 0 aliphatic heterocycles. The molecule has 1 aromatic rings. The normalized spacial score (nSPS) is 17.8. The van der Waals surface area contributed by atoms with E-state index in [-0.39, 0.29) is 12.3 Å². The minimum atomic E-state index is -0.949. The molecular formula is C15H19ClN2O3. The summed E-state index contributed by atoms with van der Waals surface area (Å²) in [5, 5.41) is 12.6. The van der Waals surface area contributed by atoms with Crippen LogP contribution in [0, 0.1) is 5.41 Å². The van der Waals surface area contributed by atoms with Gasteiger partial charge in [0.15, 0.2) is 0 Å². The van der Waals surface area contributed by atoms with Crippen molar-refractivity contribution in [3.05, 3.63) is 23.5 Å². The van der Waals surface area contributed by atoms with Gasteiger partial charge in [-0.3, -0.25) is 14.6 Å². The fourth-order valence-electron chi connectivity index (χ4n) is 2.84. The Hall–Kier alpha value is -1.62. The first-order chi connectivity index (χ1) is 10.0. The van der Waals surface area contributed by atoms with Gasteiger partial charge >= 0.3 is 5.97 Å². The number of nitrogens with one attached hydrogen (secondary N) is 1. The number of aliphatic carboxylic acids is 1. The van der Waals surface area contributed by atoms with Gasteiger partial charge in [0, 0.05) is 12.6 Å². The van der Waals surface area contributed by atoms with Crippen LogP contribution in [0.15, 0.2) is 18.5 Å². The number of carbonyl (C=O) groups is 2. The van der Waals surface area contributed by atoms with Crippen LogP contribution < -0.4 is 5.32 Å². The number of aromatic nitrogens is 1. The number of halogens is 1. The number of hydrogen-bond donors (Lipinski definition) is 2. The van der Waals surface area contributed by atoms with Crippen molar-refractivity contribution in [1.82, 2.24) is 4.98 Å². The fourth-order valence-corrected chi connectivity index (χ4v) is 3.00. The molecule has 1 aliphatic carbocycles. The Morgan fingerprint density at radius 3 is 2.52 bits per heavy atom. The largest absolute Gasteiger partial charge is 0.481 e. The molecule has 0 saturated heterocycles. The van der Waals surface area contributed by atoms with E-state index in [0.29, 0.717) is 23.6 Å². The molecule has 0 bridgehead atoms. The van der Waals surface area contributed by atoms with Gasteiger partial charge in [-0.2, -0.15) is 0 Å². The van der Waals surface area contributed by atoms with E-state index < -0.39 is 11.4 Å². The van der Waals surface area contributed by atoms with Gasteiger partial charge in [-0.1, -0.05) is 37.3 Å². The van der Waals surface area contributed by atoms with Gasteiger partial charge in [0.25, 0.3) is 0 Å². The topological polar surface area (TPSA) is 79.3 Å². The maximum atomic E-state index is 12.2. The molecule has 0 atom stereocenters. The molecule has 1 saturated carbocycles. The predicted octanol–water partition coefficient (Wildman–Crippen LogP) is 3.49. The minimum Gasteiger partial charge on any atom is -0.481 e. The van der Waals surface area contributed by atoms with Crippen LogP contribution in [-0.4, -0.2) is 22.0 Å². The number of pyridine rings is 1. The summed E-state index contributed by atoms with van der Waals surface area (Å²) in [5.74, 6) is -1.20. The molecule has 5 nitrogen and oxygen atoms in total. The monoisotopic (exact) mass is 310 g/mol. The SMILES string of the molecule is O=C(CC1(C(=O)O)CCCCCC1)Nc1cnccc1Cl. The van der Waals surface area contributed by atoms with Crippen LogP contribution in [-0.2, 0) is 9.59 Å². The number of carboxylic acid groups (broad SMARTS) is 1. The summed E-state index contributed by atoms with van der Waals surface area (Å²) in [7, 11) is 0. The number of anilines is 1. The summed E-state index contributed by atoms with van der Waals surface area (Å²) in [6.45, 7) is 0. The van der Waals surface area contributed by atoms with Crippen molar-refractivity contribution in [1.29, 1.82) is 0 Å². The highest BCUT2D eigenvalue weighted by molar-refractivity contribution is 6.33. The molecule has 6 heteroatoms. The Kier molecular flexibility index (Phi) is 5.17. The van der Waals surface area contributed by atoms with Gasteiger partial charge in [0.1, 0.15) is 0 Å². The van der Waals surface area contributed by atoms with E-state index in [1.807, 2.05) is 0 Å². The third-order valence-electron chi connectivity index (χ3n) is 4.06. The highest BCUT2D eigenvalue weighted by Crippen LogP contribution is 2.38. The molecule has 0 aromatic carbocycles. The van der Waals surface area contributed by atoms with Crippen LogP contribution in [0.3, 0.4) is 0 Å². The van der Waals surface area contributed by atoms with E-state index in [0.717, 1.165) is 25.7 Å². The lowest BCUT2D eigenvalue weighted by Crippen LogP contribution is -2.35. The highest BCUT2D eigenvalue weighted by Gasteiger charge is 2.40. The lowest BCUT2D eigenvalue weighted by atomic mass is 9.77. The molecule has 1 heterocycles. The molecule has 1 aliphatic rings. The number of nitrogens with zero attached hydrogens (tertiary/aromatic N) is 1. The maximum Gasteiger partial charge on any atom is 0.310 e. The molecule has 0 radical (unpaired) electrons. The van der Waals surface area contributed by atoms with Gasteiger partial charge in [0.2, 0.25) is 5.91 Å². The lowest BCUT2D eigenvalue weighted by molar-refractivity contribution is -0.152. The lowest BCUT2D eigenvalue weighted by Gasteiger charge is -2.27. The van der Waals surface area contributed by atoms with E-state index >= 15 is 0 Å². The molecule has 1 fully saturated rings. The van der Waals surface area contributed by atoms with Crippen LogP contribution in [0.25, 0.3) is 0 Å². The zero-order chi connectivity index (χ0) is 15.3. The van der Waals surface area contributed by atoms with Gasteiger partial charge in [-0.15, -0.1) is 0 Å². The number of carbonyl (C=O) groups excluding carboxylic acids is 1. The van der Waals surface area contributed by atoms with Crippen molar-refractivity contribution in [3.63, 3.8) is 0 Å². The van der Waals surface area contributed by atoms with E-state index in [4.69, 9.17) is 11.6 Å². The number of amides is 1. The van der Waals surface area contributed by atoms with E-state index in [1.54, 1.807) is 6.07 Å². The Bertz CT molecular complexity index is 525. The van der Waals surface area contributed by atoms with E-state index in [9.17, 15) is 14.7 Å². The number of hydrogen-bond acceptors (Lipinski definition) is 3. The Balaban J connectivity index is 2.08. The first-order valence-electron chi connectivity index (χ1n) is 7.16. The zero-order valence-corrected chi connectivity index (χ0v) is 12.5. The Labute approximate surface area is 128 Å². The van der Waals surface area contributed by atoms with Crippen molar-refractivity contribution in [2.45, 2.75) is 44.9 Å². The smallest absolute Gasteiger partial charge is 0.310 e. The Morgan fingerprint density at radius 1 is 1.29 bits per heavy atom. The second-order valence-corrected chi connectivity index (χ2v) is 5.99. The quantitative estimate of drug-likeness (QED) is 0.834. The molecular weight excluding hydrogens is 292 g/mol. The molecule has 1 aromatic heterocycles. The van der Waals surface area contributed by atoms with Crippen molar-refractivity contribution in [3.8, 4) is 0 Å². The fraction of sp³-hybridized carbons (Fsp3) is 0.533. The van der Waals surface area contributed by atoms with Crippen LogP contribution in [0.5, 0.6) is 0 Å². The average molecular weight is 311 g/mol. The van der Waals surface area contributed by atoms with Crippen LogP contribution in [0.2, 0.25) is 5.02 Å². The third kappa shape index (κ3) is 3.94. The van der Waals surface area contributed by atoms with E-state index in [1.165, 1.54) is 12.4 Å². The standard InChI is InChI=1S/C15H19ClN2O3/c16-11-5-8-17-10-12(11)18-13(19)9-15(14(20)21)6-3-1-2-4-7-15/h5,8,10H,1-4,6-7,9H2,(H,18,19)(H,20,21). The second kappa shape index (κ2) is 6.89. The molecule has 2 rings (SSSR count). The highest BCUT2D eigenvalue weighted by atomic mass is 35.5. The third-order valence-corrected chi connectivity index (χ3v) is 4.38. The van der Waals surface area contributed by atoms with Crippen molar-refractivity contribution >= 4 is 29.2 Å². The van der Waals surface area contributed by atoms with E-state index in [2.05, 4.69) is 10.3 Å². The van der Waals surface area contributed by atoms with Gasteiger partial charge < -0.3 is 10.4 Å². The summed E-state index contributed by atoms with van der Waals surface area (Å²) in [5.41, 5.74) is -0.534. The molecule has 2 N–H and O–H groups in total. The summed E-state index contributed by atoms with van der Waals surface area (Å²) in [6.07, 6.45) is 7.85. The first-order valence-corrected chi connectivity index (χ1v) is 7.54. The van der Waals surface area contributed by atoms with Crippen LogP contribution >= 0.6 is 11.6 Å². The number of carboxylic acids is 1. The molecule has 114 valence electrons. The average Bonchev–Trinajstić information content (AvgIpc) is 2.68. The summed E-state index contributed by atoms with van der Waals surface area (Å²) >= 11 is 5.96. The zero-order valence-electron chi connectivity index (χ0n) is 11.8. The second-order valence-electron chi connectivity index (χ2n) is 5.58.